The number of aliphatic hydroxyl groups excluding tert-OH is 2. The Morgan fingerprint density at radius 1 is 1.25 bits per heavy atom. The van der Waals surface area contributed by atoms with Crippen molar-refractivity contribution in [2.24, 2.45) is 11.8 Å². The summed E-state index contributed by atoms with van der Waals surface area (Å²) in [4.78, 5) is 39.8. The summed E-state index contributed by atoms with van der Waals surface area (Å²) >= 11 is 2.04. The fourth-order valence-electron chi connectivity index (χ4n) is 5.48. The molecule has 2 aliphatic carbocycles. The Morgan fingerprint density at radius 3 is 2.60 bits per heavy atom. The number of amides is 2. The second kappa shape index (κ2) is 15.7. The highest BCUT2D eigenvalue weighted by atomic mass is 127. The average Bonchev–Trinajstić information content (AvgIpc) is 3.46. The van der Waals surface area contributed by atoms with Gasteiger partial charge in [0.2, 0.25) is 11.8 Å². The number of carbonyl (C=O) groups excluding carboxylic acids is 3. The number of ether oxygens (including phenoxy) is 2. The monoisotopic (exact) mass is 670 g/mol. The van der Waals surface area contributed by atoms with Crippen LogP contribution >= 0.6 is 22.6 Å². The van der Waals surface area contributed by atoms with Gasteiger partial charge in [-0.3, -0.25) is 14.4 Å². The molecule has 1 saturated carbocycles. The third kappa shape index (κ3) is 8.66. The molecule has 9 nitrogen and oxygen atoms in total. The molecular weight excluding hydrogens is 627 g/mol. The molecular formula is C30H43IN2O7. The summed E-state index contributed by atoms with van der Waals surface area (Å²) in [6.07, 6.45) is 7.14. The summed E-state index contributed by atoms with van der Waals surface area (Å²) < 4.78 is 12.4. The van der Waals surface area contributed by atoms with E-state index >= 15 is 0 Å². The first-order valence-electron chi connectivity index (χ1n) is 14.2. The first-order valence-corrected chi connectivity index (χ1v) is 15.3. The summed E-state index contributed by atoms with van der Waals surface area (Å²) in [6, 6.07) is 2.53. The maximum atomic E-state index is 13.7. The van der Waals surface area contributed by atoms with E-state index in [4.69, 9.17) is 9.47 Å². The van der Waals surface area contributed by atoms with E-state index in [1.165, 1.54) is 20.0 Å². The van der Waals surface area contributed by atoms with Crippen molar-refractivity contribution in [1.82, 2.24) is 10.2 Å². The van der Waals surface area contributed by atoms with E-state index in [9.17, 15) is 24.6 Å². The van der Waals surface area contributed by atoms with Gasteiger partial charge in [-0.2, -0.15) is 0 Å². The third-order valence-electron chi connectivity index (χ3n) is 7.77. The zero-order chi connectivity index (χ0) is 29.2. The van der Waals surface area contributed by atoms with Crippen molar-refractivity contribution in [2.45, 2.75) is 83.5 Å². The lowest BCUT2D eigenvalue weighted by Gasteiger charge is -2.41. The average molecular weight is 671 g/mol. The van der Waals surface area contributed by atoms with E-state index in [1.54, 1.807) is 23.1 Å². The molecule has 1 fully saturated rings. The van der Waals surface area contributed by atoms with Gasteiger partial charge in [-0.05, 0) is 65.5 Å². The zero-order valence-corrected chi connectivity index (χ0v) is 25.9. The number of hydrogen-bond acceptors (Lipinski definition) is 7. The first-order chi connectivity index (χ1) is 19.2. The number of methoxy groups -OCH3 is 1. The van der Waals surface area contributed by atoms with E-state index in [2.05, 4.69) is 19.2 Å². The first kappa shape index (κ1) is 32.3. The van der Waals surface area contributed by atoms with Gasteiger partial charge in [-0.15, -0.1) is 0 Å². The highest BCUT2D eigenvalue weighted by molar-refractivity contribution is 14.1. The molecule has 2 aliphatic rings. The van der Waals surface area contributed by atoms with Crippen LogP contribution in [0.2, 0.25) is 0 Å². The predicted molar refractivity (Wildman–Crippen MR) is 160 cm³/mol. The van der Waals surface area contributed by atoms with Gasteiger partial charge in [-0.1, -0.05) is 39.5 Å². The van der Waals surface area contributed by atoms with Crippen molar-refractivity contribution < 1.29 is 34.1 Å². The summed E-state index contributed by atoms with van der Waals surface area (Å²) in [6.45, 7) is 4.54. The number of nitrogens with zero attached hydrogens (tertiary/aromatic N) is 1. The summed E-state index contributed by atoms with van der Waals surface area (Å²) in [5.74, 6) is 1.18. The molecule has 0 heterocycles. The number of carbonyl (C=O) groups is 3. The highest BCUT2D eigenvalue weighted by Crippen LogP contribution is 2.37. The van der Waals surface area contributed by atoms with Crippen molar-refractivity contribution in [3.63, 3.8) is 0 Å². The standard InChI is InChI=1S/C30H43IN2O7/c1-19(2)10-12-33(27(36)9-8-20-6-4-5-7-20)24-16-22(30(38)32-11-13-34)17-25(28(24)37)40-29-23(31)14-21(18-35)15-26(29)39-3/h14-15,17-20,24-25,28,34,37H,4-13,16H2,1-3H3,(H,32,38). The number of aldehydes is 1. The molecule has 1 aromatic carbocycles. The molecule has 2 amide bonds. The maximum absolute atomic E-state index is 13.7. The molecule has 0 aliphatic heterocycles. The maximum Gasteiger partial charge on any atom is 0.247 e. The Bertz CT molecular complexity index is 1050. The van der Waals surface area contributed by atoms with Crippen LogP contribution in [-0.2, 0) is 9.59 Å². The van der Waals surface area contributed by atoms with Gasteiger partial charge in [-0.25, -0.2) is 0 Å². The summed E-state index contributed by atoms with van der Waals surface area (Å²) in [7, 11) is 1.47. The minimum absolute atomic E-state index is 0.0186. The van der Waals surface area contributed by atoms with E-state index < -0.39 is 18.2 Å². The largest absolute Gasteiger partial charge is 0.493 e. The van der Waals surface area contributed by atoms with E-state index in [-0.39, 0.29) is 31.4 Å². The van der Waals surface area contributed by atoms with E-state index in [0.717, 1.165) is 25.7 Å². The van der Waals surface area contributed by atoms with Gasteiger partial charge in [0.1, 0.15) is 18.5 Å². The van der Waals surface area contributed by atoms with Crippen LogP contribution in [-0.4, -0.2) is 78.3 Å². The van der Waals surface area contributed by atoms with Crippen LogP contribution in [0.3, 0.4) is 0 Å². The van der Waals surface area contributed by atoms with Gasteiger partial charge in [0, 0.05) is 37.1 Å². The molecule has 3 atom stereocenters. The number of rotatable bonds is 14. The molecule has 222 valence electrons. The lowest BCUT2D eigenvalue weighted by atomic mass is 9.87. The molecule has 10 heteroatoms. The molecule has 0 aromatic heterocycles. The molecule has 3 rings (SSSR count). The Hall–Kier alpha value is -2.18. The quantitative estimate of drug-likeness (QED) is 0.203. The molecule has 1 aromatic rings. The van der Waals surface area contributed by atoms with Crippen molar-refractivity contribution in [3.8, 4) is 11.5 Å². The van der Waals surface area contributed by atoms with Crippen LogP contribution in [0.15, 0.2) is 23.8 Å². The van der Waals surface area contributed by atoms with Gasteiger partial charge >= 0.3 is 0 Å². The lowest BCUT2D eigenvalue weighted by molar-refractivity contribution is -0.139. The van der Waals surface area contributed by atoms with Gasteiger partial charge in [0.25, 0.3) is 0 Å². The lowest BCUT2D eigenvalue weighted by Crippen LogP contribution is -2.55. The van der Waals surface area contributed by atoms with Crippen LogP contribution in [0.5, 0.6) is 11.5 Å². The number of benzene rings is 1. The van der Waals surface area contributed by atoms with Crippen LogP contribution in [0.1, 0.15) is 75.6 Å². The second-order valence-electron chi connectivity index (χ2n) is 11.1. The summed E-state index contributed by atoms with van der Waals surface area (Å²) in [5.41, 5.74) is 0.799. The Labute approximate surface area is 250 Å². The highest BCUT2D eigenvalue weighted by Gasteiger charge is 2.41. The number of aliphatic hydroxyl groups is 2. The fraction of sp³-hybridized carbons (Fsp3) is 0.633. The van der Waals surface area contributed by atoms with Crippen LogP contribution in [0.25, 0.3) is 0 Å². The fourth-order valence-corrected chi connectivity index (χ4v) is 6.23. The molecule has 0 bridgehead atoms. The Kier molecular flexibility index (Phi) is 12.7. The normalized spacial score (nSPS) is 21.2. The SMILES string of the molecule is COc1cc(C=O)cc(I)c1OC1C=C(C(=O)NCCO)CC(N(CCC(C)C)C(=O)CCC2CCCC2)C1O. The Morgan fingerprint density at radius 2 is 1.98 bits per heavy atom. The minimum Gasteiger partial charge on any atom is -0.493 e. The molecule has 0 radical (unpaired) electrons. The third-order valence-corrected chi connectivity index (χ3v) is 8.57. The molecule has 3 unspecified atom stereocenters. The minimum atomic E-state index is -1.11. The smallest absolute Gasteiger partial charge is 0.247 e. The predicted octanol–water partition coefficient (Wildman–Crippen LogP) is 3.87. The molecule has 40 heavy (non-hydrogen) atoms. The van der Waals surface area contributed by atoms with Crippen molar-refractivity contribution in [1.29, 1.82) is 0 Å². The van der Waals surface area contributed by atoms with Crippen molar-refractivity contribution in [2.75, 3.05) is 26.8 Å². The number of hydrogen-bond donors (Lipinski definition) is 3. The van der Waals surface area contributed by atoms with Crippen LogP contribution < -0.4 is 14.8 Å². The zero-order valence-electron chi connectivity index (χ0n) is 23.7. The van der Waals surface area contributed by atoms with E-state index in [0.29, 0.717) is 57.3 Å². The van der Waals surface area contributed by atoms with Crippen molar-refractivity contribution >= 4 is 40.7 Å². The molecule has 3 N–H and O–H groups in total. The Balaban J connectivity index is 1.94. The molecule has 0 saturated heterocycles. The van der Waals surface area contributed by atoms with E-state index in [1.807, 2.05) is 22.6 Å². The van der Waals surface area contributed by atoms with Gasteiger partial charge in [0.15, 0.2) is 11.5 Å². The second-order valence-corrected chi connectivity index (χ2v) is 12.3. The summed E-state index contributed by atoms with van der Waals surface area (Å²) in [5, 5.41) is 23.6. The van der Waals surface area contributed by atoms with Crippen LogP contribution in [0.4, 0.5) is 0 Å². The topological polar surface area (TPSA) is 125 Å². The van der Waals surface area contributed by atoms with Gasteiger partial charge < -0.3 is 29.9 Å². The van der Waals surface area contributed by atoms with Gasteiger partial charge in [0.05, 0.1) is 23.3 Å². The van der Waals surface area contributed by atoms with Crippen LogP contribution in [0, 0.1) is 15.4 Å². The number of nitrogens with one attached hydrogen (secondary N) is 1. The number of halogens is 1. The molecule has 0 spiro atoms. The van der Waals surface area contributed by atoms with Crippen molar-refractivity contribution in [3.05, 3.63) is 32.9 Å².